The second kappa shape index (κ2) is 7.46. The molecule has 19 heavy (non-hydrogen) atoms. The fourth-order valence-corrected chi connectivity index (χ4v) is 1.69. The highest BCUT2D eigenvalue weighted by Gasteiger charge is 2.12. The molecular weight excluding hydrogens is 242 g/mol. The Morgan fingerprint density at radius 1 is 1.58 bits per heavy atom. The van der Waals surface area contributed by atoms with Crippen LogP contribution in [-0.2, 0) is 6.54 Å². The molecule has 0 aliphatic carbocycles. The summed E-state index contributed by atoms with van der Waals surface area (Å²) in [6.07, 6.45) is 0.473. The average Bonchev–Trinajstić information content (AvgIpc) is 2.42. The first-order valence-electron chi connectivity index (χ1n) is 6.16. The molecule has 0 saturated heterocycles. The molecule has 0 atom stereocenters. The van der Waals surface area contributed by atoms with Gasteiger partial charge in [0.25, 0.3) is 5.91 Å². The molecule has 0 bridgehead atoms. The summed E-state index contributed by atoms with van der Waals surface area (Å²) in [7, 11) is 0. The maximum Gasteiger partial charge on any atom is 0.283 e. The van der Waals surface area contributed by atoms with Crippen LogP contribution < -0.4 is 11.3 Å². The van der Waals surface area contributed by atoms with Crippen LogP contribution in [0.1, 0.15) is 36.5 Å². The second-order valence-corrected chi connectivity index (χ2v) is 4.46. The molecule has 6 nitrogen and oxygen atoms in total. The summed E-state index contributed by atoms with van der Waals surface area (Å²) < 4.78 is 0. The van der Waals surface area contributed by atoms with Crippen molar-refractivity contribution in [2.45, 2.75) is 32.9 Å². The number of hydrogen-bond donors (Lipinski definition) is 2. The van der Waals surface area contributed by atoms with Gasteiger partial charge in [0.2, 0.25) is 0 Å². The molecule has 1 amide bonds. The Bertz CT molecular complexity index is 466. The highest BCUT2D eigenvalue weighted by atomic mass is 16.2. The Balaban J connectivity index is 2.79. The summed E-state index contributed by atoms with van der Waals surface area (Å²) in [6.45, 7) is 5.41. The third-order valence-corrected chi connectivity index (χ3v) is 2.78. The molecule has 0 spiro atoms. The number of nitrogen functional groups attached to an aromatic ring is 1. The van der Waals surface area contributed by atoms with Crippen molar-refractivity contribution in [1.29, 1.82) is 5.26 Å². The summed E-state index contributed by atoms with van der Waals surface area (Å²) in [4.78, 5) is 17.8. The van der Waals surface area contributed by atoms with E-state index in [4.69, 9.17) is 11.1 Å². The SMILES string of the molecule is CC(C)N(CCC#N)Cc1cccc(C(=O)NN)n1. The fourth-order valence-electron chi connectivity index (χ4n) is 1.69. The lowest BCUT2D eigenvalue weighted by atomic mass is 10.2. The minimum absolute atomic E-state index is 0.295. The Morgan fingerprint density at radius 2 is 2.32 bits per heavy atom. The van der Waals surface area contributed by atoms with Crippen LogP contribution in [0.15, 0.2) is 18.2 Å². The molecule has 0 aliphatic rings. The Hall–Kier alpha value is -1.97. The summed E-state index contributed by atoms with van der Waals surface area (Å²) in [5.74, 6) is 4.68. The zero-order valence-corrected chi connectivity index (χ0v) is 11.3. The number of nitrogens with zero attached hydrogens (tertiary/aromatic N) is 3. The summed E-state index contributed by atoms with van der Waals surface area (Å²) in [6, 6.07) is 7.68. The summed E-state index contributed by atoms with van der Waals surface area (Å²) in [5, 5.41) is 8.65. The van der Waals surface area contributed by atoms with Gasteiger partial charge in [-0.05, 0) is 26.0 Å². The van der Waals surface area contributed by atoms with Crippen molar-refractivity contribution in [2.75, 3.05) is 6.54 Å². The minimum Gasteiger partial charge on any atom is -0.294 e. The van der Waals surface area contributed by atoms with Gasteiger partial charge in [-0.1, -0.05) is 6.07 Å². The number of rotatable bonds is 6. The van der Waals surface area contributed by atoms with Gasteiger partial charge in [-0.25, -0.2) is 10.8 Å². The van der Waals surface area contributed by atoms with Crippen molar-refractivity contribution < 1.29 is 4.79 Å². The molecule has 0 aliphatic heterocycles. The molecular formula is C13H19N5O. The van der Waals surface area contributed by atoms with Gasteiger partial charge in [0, 0.05) is 25.6 Å². The van der Waals surface area contributed by atoms with Crippen molar-refractivity contribution in [2.24, 2.45) is 5.84 Å². The smallest absolute Gasteiger partial charge is 0.283 e. The largest absolute Gasteiger partial charge is 0.294 e. The van der Waals surface area contributed by atoms with Gasteiger partial charge < -0.3 is 0 Å². The zero-order chi connectivity index (χ0) is 14.3. The lowest BCUT2D eigenvalue weighted by Gasteiger charge is -2.25. The number of nitriles is 1. The number of hydrazine groups is 1. The highest BCUT2D eigenvalue weighted by Crippen LogP contribution is 2.08. The van der Waals surface area contributed by atoms with Gasteiger partial charge in [0.1, 0.15) is 5.69 Å². The molecule has 0 fully saturated rings. The third-order valence-electron chi connectivity index (χ3n) is 2.78. The average molecular weight is 261 g/mol. The van der Waals surface area contributed by atoms with E-state index in [9.17, 15) is 4.79 Å². The van der Waals surface area contributed by atoms with Crippen molar-refractivity contribution >= 4 is 5.91 Å². The number of carbonyl (C=O) groups excluding carboxylic acids is 1. The number of carbonyl (C=O) groups is 1. The van der Waals surface area contributed by atoms with Gasteiger partial charge in [-0.15, -0.1) is 0 Å². The van der Waals surface area contributed by atoms with E-state index in [0.717, 1.165) is 5.69 Å². The minimum atomic E-state index is -0.407. The number of amides is 1. The number of nitrogens with two attached hydrogens (primary N) is 1. The van der Waals surface area contributed by atoms with Crippen molar-refractivity contribution in [1.82, 2.24) is 15.3 Å². The maximum absolute atomic E-state index is 11.4. The van der Waals surface area contributed by atoms with E-state index in [1.54, 1.807) is 12.1 Å². The standard InChI is InChI=1S/C13H19N5O/c1-10(2)18(8-4-7-14)9-11-5-3-6-12(16-11)13(19)17-15/h3,5-6,10H,4,8-9,15H2,1-2H3,(H,17,19). The van der Waals surface area contributed by atoms with Gasteiger partial charge >= 0.3 is 0 Å². The normalized spacial score (nSPS) is 10.5. The monoisotopic (exact) mass is 261 g/mol. The molecule has 6 heteroatoms. The topological polar surface area (TPSA) is 95.0 Å². The molecule has 102 valence electrons. The van der Waals surface area contributed by atoms with Crippen LogP contribution in [0, 0.1) is 11.3 Å². The second-order valence-electron chi connectivity index (χ2n) is 4.46. The van der Waals surface area contributed by atoms with Crippen LogP contribution in [0.5, 0.6) is 0 Å². The molecule has 0 unspecified atom stereocenters. The Labute approximate surface area is 113 Å². The van der Waals surface area contributed by atoms with Crippen LogP contribution in [0.3, 0.4) is 0 Å². The molecule has 1 aromatic rings. The number of pyridine rings is 1. The van der Waals surface area contributed by atoms with Crippen LogP contribution >= 0.6 is 0 Å². The lowest BCUT2D eigenvalue weighted by molar-refractivity contribution is 0.0948. The molecule has 3 N–H and O–H groups in total. The highest BCUT2D eigenvalue weighted by molar-refractivity contribution is 5.91. The van der Waals surface area contributed by atoms with Gasteiger partial charge in [0.05, 0.1) is 11.8 Å². The lowest BCUT2D eigenvalue weighted by Crippen LogP contribution is -2.33. The number of nitrogens with one attached hydrogen (secondary N) is 1. The van der Waals surface area contributed by atoms with Crippen LogP contribution in [0.25, 0.3) is 0 Å². The van der Waals surface area contributed by atoms with E-state index in [2.05, 4.69) is 35.2 Å². The molecule has 0 aromatic carbocycles. The number of hydrogen-bond acceptors (Lipinski definition) is 5. The first kappa shape index (κ1) is 15.1. The van der Waals surface area contributed by atoms with Crippen molar-refractivity contribution in [3.63, 3.8) is 0 Å². The number of aromatic nitrogens is 1. The first-order valence-corrected chi connectivity index (χ1v) is 6.16. The van der Waals surface area contributed by atoms with Crippen LogP contribution in [0.2, 0.25) is 0 Å². The predicted octanol–water partition coefficient (Wildman–Crippen LogP) is 0.809. The van der Waals surface area contributed by atoms with E-state index >= 15 is 0 Å². The van der Waals surface area contributed by atoms with E-state index < -0.39 is 5.91 Å². The van der Waals surface area contributed by atoms with Crippen molar-refractivity contribution in [3.05, 3.63) is 29.6 Å². The van der Waals surface area contributed by atoms with Gasteiger partial charge in [-0.2, -0.15) is 5.26 Å². The molecule has 1 heterocycles. The molecule has 1 aromatic heterocycles. The van der Waals surface area contributed by atoms with Crippen molar-refractivity contribution in [3.8, 4) is 6.07 Å². The summed E-state index contributed by atoms with van der Waals surface area (Å²) in [5.41, 5.74) is 3.14. The van der Waals surface area contributed by atoms with E-state index in [1.165, 1.54) is 0 Å². The molecule has 0 saturated carbocycles. The quantitative estimate of drug-likeness (QED) is 0.449. The van der Waals surface area contributed by atoms with Crippen LogP contribution in [0.4, 0.5) is 0 Å². The van der Waals surface area contributed by atoms with E-state index in [0.29, 0.717) is 31.2 Å². The fraction of sp³-hybridized carbons (Fsp3) is 0.462. The summed E-state index contributed by atoms with van der Waals surface area (Å²) >= 11 is 0. The Kier molecular flexibility index (Phi) is 5.93. The van der Waals surface area contributed by atoms with Gasteiger partial charge in [-0.3, -0.25) is 15.1 Å². The van der Waals surface area contributed by atoms with Gasteiger partial charge in [0.15, 0.2) is 0 Å². The molecule has 0 radical (unpaired) electrons. The van der Waals surface area contributed by atoms with Crippen LogP contribution in [-0.4, -0.2) is 28.4 Å². The predicted molar refractivity (Wildman–Crippen MR) is 71.7 cm³/mol. The maximum atomic E-state index is 11.4. The van der Waals surface area contributed by atoms with E-state index in [-0.39, 0.29) is 0 Å². The zero-order valence-electron chi connectivity index (χ0n) is 11.3. The van der Waals surface area contributed by atoms with E-state index in [1.807, 2.05) is 6.07 Å². The first-order chi connectivity index (χ1) is 9.08. The Morgan fingerprint density at radius 3 is 2.89 bits per heavy atom. The molecule has 1 rings (SSSR count). The third kappa shape index (κ3) is 4.66.